The van der Waals surface area contributed by atoms with Crippen LogP contribution >= 0.6 is 47.2 Å². The van der Waals surface area contributed by atoms with Crippen molar-refractivity contribution in [2.75, 3.05) is 11.9 Å². The summed E-state index contributed by atoms with van der Waals surface area (Å²) in [6, 6.07) is 17.1. The van der Waals surface area contributed by atoms with E-state index in [4.69, 9.17) is 44.9 Å². The van der Waals surface area contributed by atoms with Gasteiger partial charge < -0.3 is 19.9 Å². The van der Waals surface area contributed by atoms with Crippen molar-refractivity contribution in [1.82, 2.24) is 10.4 Å². The van der Waals surface area contributed by atoms with Gasteiger partial charge in [0.1, 0.15) is 16.9 Å². The standard InChI is InChI=1S/C25H23Cl2N3O4S2/c1-3-33-22-12-15(4-10-20(22)31)24-30(23(32)14(2)36-24)29-25(35)28-17-7-11-21(19(27)13-17)34-18-8-5-16(26)6-9-18/h4-14,24,31H,3H2,1-2H3,(H2,28,29,35)/t14-,24+/m0/s1. The van der Waals surface area contributed by atoms with Gasteiger partial charge in [0.2, 0.25) is 0 Å². The minimum atomic E-state index is -0.370. The third-order valence-electron chi connectivity index (χ3n) is 5.17. The maximum Gasteiger partial charge on any atom is 0.255 e. The van der Waals surface area contributed by atoms with Crippen LogP contribution < -0.4 is 20.2 Å². The Hall–Kier alpha value is -2.85. The second kappa shape index (κ2) is 11.5. The van der Waals surface area contributed by atoms with Crippen molar-refractivity contribution >= 4 is 63.9 Å². The van der Waals surface area contributed by atoms with Crippen molar-refractivity contribution in [2.24, 2.45) is 0 Å². The number of anilines is 1. The van der Waals surface area contributed by atoms with Gasteiger partial charge in [-0.1, -0.05) is 29.3 Å². The predicted octanol–water partition coefficient (Wildman–Crippen LogP) is 6.75. The molecular weight excluding hydrogens is 541 g/mol. The molecular formula is C25H23Cl2N3O4S2. The van der Waals surface area contributed by atoms with Crippen molar-refractivity contribution in [1.29, 1.82) is 0 Å². The van der Waals surface area contributed by atoms with Crippen LogP contribution in [0.25, 0.3) is 0 Å². The van der Waals surface area contributed by atoms with E-state index in [0.717, 1.165) is 5.56 Å². The molecule has 1 heterocycles. The van der Waals surface area contributed by atoms with E-state index in [2.05, 4.69) is 10.7 Å². The summed E-state index contributed by atoms with van der Waals surface area (Å²) >= 11 is 19.3. The molecule has 0 aliphatic carbocycles. The molecule has 0 saturated carbocycles. The average molecular weight is 565 g/mol. The summed E-state index contributed by atoms with van der Waals surface area (Å²) < 4.78 is 11.3. The molecule has 2 atom stereocenters. The van der Waals surface area contributed by atoms with Gasteiger partial charge in [0.05, 0.1) is 16.9 Å². The van der Waals surface area contributed by atoms with E-state index in [9.17, 15) is 9.90 Å². The minimum absolute atomic E-state index is 0.0417. The van der Waals surface area contributed by atoms with Crippen LogP contribution in [0.3, 0.4) is 0 Å². The number of aromatic hydroxyl groups is 1. The molecule has 1 saturated heterocycles. The first-order valence-electron chi connectivity index (χ1n) is 11.0. The number of halogens is 2. The van der Waals surface area contributed by atoms with E-state index >= 15 is 0 Å². The number of amides is 1. The molecule has 4 rings (SSSR count). The van der Waals surface area contributed by atoms with Crippen LogP contribution in [0.1, 0.15) is 24.8 Å². The molecule has 1 aliphatic heterocycles. The Morgan fingerprint density at radius 2 is 1.86 bits per heavy atom. The van der Waals surface area contributed by atoms with Gasteiger partial charge in [-0.15, -0.1) is 11.8 Å². The zero-order valence-corrected chi connectivity index (χ0v) is 22.5. The fourth-order valence-electron chi connectivity index (χ4n) is 3.48. The number of hydrazine groups is 1. The van der Waals surface area contributed by atoms with Crippen LogP contribution in [0.5, 0.6) is 23.0 Å². The Labute approximate surface area is 228 Å². The maximum atomic E-state index is 12.9. The summed E-state index contributed by atoms with van der Waals surface area (Å²) in [6.45, 7) is 4.08. The monoisotopic (exact) mass is 563 g/mol. The molecule has 11 heteroatoms. The number of carbonyl (C=O) groups excluding carboxylic acids is 1. The van der Waals surface area contributed by atoms with Gasteiger partial charge in [0.25, 0.3) is 5.91 Å². The highest BCUT2D eigenvalue weighted by Gasteiger charge is 2.39. The van der Waals surface area contributed by atoms with E-state index in [1.54, 1.807) is 60.7 Å². The lowest BCUT2D eigenvalue weighted by atomic mass is 10.2. The van der Waals surface area contributed by atoms with Crippen molar-refractivity contribution in [3.63, 3.8) is 0 Å². The van der Waals surface area contributed by atoms with Crippen molar-refractivity contribution < 1.29 is 19.4 Å². The average Bonchev–Trinajstić information content (AvgIpc) is 3.12. The summed E-state index contributed by atoms with van der Waals surface area (Å²) in [5.74, 6) is 1.36. The second-order valence-electron chi connectivity index (χ2n) is 7.77. The van der Waals surface area contributed by atoms with Crippen molar-refractivity contribution in [2.45, 2.75) is 24.5 Å². The van der Waals surface area contributed by atoms with Gasteiger partial charge in [-0.05, 0) is 86.2 Å². The highest BCUT2D eigenvalue weighted by Crippen LogP contribution is 2.44. The largest absolute Gasteiger partial charge is 0.504 e. The van der Waals surface area contributed by atoms with Crippen molar-refractivity contribution in [3.05, 3.63) is 76.3 Å². The van der Waals surface area contributed by atoms with E-state index in [-0.39, 0.29) is 27.4 Å². The lowest BCUT2D eigenvalue weighted by molar-refractivity contribution is -0.131. The molecule has 1 fully saturated rings. The third-order valence-corrected chi connectivity index (χ3v) is 7.27. The molecule has 0 bridgehead atoms. The maximum absolute atomic E-state index is 12.9. The van der Waals surface area contributed by atoms with E-state index in [1.807, 2.05) is 13.8 Å². The zero-order valence-electron chi connectivity index (χ0n) is 19.3. The van der Waals surface area contributed by atoms with Crippen LogP contribution in [0.2, 0.25) is 10.0 Å². The molecule has 3 N–H and O–H groups in total. The molecule has 0 spiro atoms. The molecule has 188 valence electrons. The summed E-state index contributed by atoms with van der Waals surface area (Å²) in [5, 5.41) is 15.1. The lowest BCUT2D eigenvalue weighted by Gasteiger charge is -2.26. The summed E-state index contributed by atoms with van der Waals surface area (Å²) in [7, 11) is 0. The molecule has 3 aromatic carbocycles. The summed E-state index contributed by atoms with van der Waals surface area (Å²) in [5.41, 5.74) is 4.41. The topological polar surface area (TPSA) is 83.1 Å². The van der Waals surface area contributed by atoms with Gasteiger partial charge in [0.15, 0.2) is 16.6 Å². The van der Waals surface area contributed by atoms with Crippen molar-refractivity contribution in [3.8, 4) is 23.0 Å². The first-order chi connectivity index (χ1) is 17.2. The number of carbonyl (C=O) groups is 1. The third kappa shape index (κ3) is 6.10. The van der Waals surface area contributed by atoms with Crippen LogP contribution in [-0.2, 0) is 4.79 Å². The second-order valence-corrected chi connectivity index (χ2v) is 10.4. The highest BCUT2D eigenvalue weighted by molar-refractivity contribution is 8.01. The normalized spacial score (nSPS) is 17.1. The van der Waals surface area contributed by atoms with Gasteiger partial charge in [-0.3, -0.25) is 10.2 Å². The van der Waals surface area contributed by atoms with Crippen LogP contribution in [0.15, 0.2) is 60.7 Å². The molecule has 0 aromatic heterocycles. The number of hydrogen-bond acceptors (Lipinski definition) is 6. The number of nitrogens with one attached hydrogen (secondary N) is 2. The fourth-order valence-corrected chi connectivity index (χ4v) is 5.24. The van der Waals surface area contributed by atoms with Gasteiger partial charge in [0, 0.05) is 10.7 Å². The Kier molecular flexibility index (Phi) is 8.35. The van der Waals surface area contributed by atoms with E-state index in [1.165, 1.54) is 16.8 Å². The smallest absolute Gasteiger partial charge is 0.255 e. The van der Waals surface area contributed by atoms with E-state index in [0.29, 0.717) is 39.6 Å². The first-order valence-corrected chi connectivity index (χ1v) is 13.1. The van der Waals surface area contributed by atoms with Crippen LogP contribution in [0, 0.1) is 0 Å². The molecule has 1 amide bonds. The zero-order chi connectivity index (χ0) is 25.8. The summed E-state index contributed by atoms with van der Waals surface area (Å²) in [4.78, 5) is 12.9. The predicted molar refractivity (Wildman–Crippen MR) is 148 cm³/mol. The number of rotatable bonds is 7. The molecule has 36 heavy (non-hydrogen) atoms. The number of thiocarbonyl (C=S) groups is 1. The molecule has 0 unspecified atom stereocenters. The van der Waals surface area contributed by atoms with Gasteiger partial charge >= 0.3 is 0 Å². The number of phenolic OH excluding ortho intramolecular Hbond substituents is 1. The SMILES string of the molecule is CCOc1cc([C@H]2S[C@@H](C)C(=O)N2NC(=S)Nc2ccc(Oc3ccc(Cl)cc3)c(Cl)c2)ccc1O. The molecule has 0 radical (unpaired) electrons. The van der Waals surface area contributed by atoms with Crippen LogP contribution in [-0.4, -0.2) is 33.0 Å². The Morgan fingerprint density at radius 1 is 1.11 bits per heavy atom. The molecule has 3 aromatic rings. The number of thioether (sulfide) groups is 1. The number of nitrogens with zero attached hydrogens (tertiary/aromatic N) is 1. The quantitative estimate of drug-likeness (QED) is 0.272. The number of benzene rings is 3. The lowest BCUT2D eigenvalue weighted by Crippen LogP contribution is -2.47. The Balaban J connectivity index is 1.45. The minimum Gasteiger partial charge on any atom is -0.504 e. The van der Waals surface area contributed by atoms with E-state index < -0.39 is 0 Å². The summed E-state index contributed by atoms with van der Waals surface area (Å²) in [6.07, 6.45) is 0. The number of ether oxygens (including phenoxy) is 2. The molecule has 7 nitrogen and oxygen atoms in total. The molecule has 1 aliphatic rings. The fraction of sp³-hybridized carbons (Fsp3) is 0.200. The van der Waals surface area contributed by atoms with Gasteiger partial charge in [-0.25, -0.2) is 5.01 Å². The highest BCUT2D eigenvalue weighted by atomic mass is 35.5. The first kappa shape index (κ1) is 26.2. The van der Waals surface area contributed by atoms with Gasteiger partial charge in [-0.2, -0.15) is 0 Å². The Morgan fingerprint density at radius 3 is 2.56 bits per heavy atom. The number of phenols is 1. The van der Waals surface area contributed by atoms with Crippen LogP contribution in [0.4, 0.5) is 5.69 Å². The Bertz CT molecular complexity index is 1280. The number of hydrogen-bond donors (Lipinski definition) is 3.